The van der Waals surface area contributed by atoms with Crippen molar-refractivity contribution in [3.63, 3.8) is 0 Å². The van der Waals surface area contributed by atoms with E-state index >= 15 is 0 Å². The van der Waals surface area contributed by atoms with Gasteiger partial charge in [-0.1, -0.05) is 24.2 Å². The molecule has 0 aliphatic rings. The summed E-state index contributed by atoms with van der Waals surface area (Å²) in [6.45, 7) is 4.17. The fourth-order valence-corrected chi connectivity index (χ4v) is 1.66. The van der Waals surface area contributed by atoms with E-state index in [9.17, 15) is 5.11 Å². The standard InChI is InChI=1S/C14H17NO3/c1-3-14(16)11-4-6-12(7-5-11)17-9-13-8-10(2)15-18-13/h4-8,14,16H,3,9H2,1-2H3. The summed E-state index contributed by atoms with van der Waals surface area (Å²) < 4.78 is 10.6. The Hall–Kier alpha value is -1.81. The number of hydrogen-bond acceptors (Lipinski definition) is 4. The van der Waals surface area contributed by atoms with Gasteiger partial charge >= 0.3 is 0 Å². The third kappa shape index (κ3) is 3.11. The first-order valence-electron chi connectivity index (χ1n) is 6.02. The number of aromatic nitrogens is 1. The molecule has 0 fully saturated rings. The van der Waals surface area contributed by atoms with Crippen molar-refractivity contribution in [3.8, 4) is 5.75 Å². The summed E-state index contributed by atoms with van der Waals surface area (Å²) in [6.07, 6.45) is 0.299. The lowest BCUT2D eigenvalue weighted by Gasteiger charge is -2.09. The smallest absolute Gasteiger partial charge is 0.174 e. The van der Waals surface area contributed by atoms with E-state index in [1.165, 1.54) is 0 Å². The Labute approximate surface area is 106 Å². The maximum absolute atomic E-state index is 9.67. The van der Waals surface area contributed by atoms with Crippen molar-refractivity contribution in [2.75, 3.05) is 0 Å². The zero-order chi connectivity index (χ0) is 13.0. The molecule has 1 aromatic heterocycles. The molecule has 2 rings (SSSR count). The zero-order valence-electron chi connectivity index (χ0n) is 10.6. The molecule has 1 unspecified atom stereocenters. The number of nitrogens with zero attached hydrogens (tertiary/aromatic N) is 1. The minimum atomic E-state index is -0.407. The molecule has 4 heteroatoms. The molecule has 1 atom stereocenters. The number of aryl methyl sites for hydroxylation is 1. The van der Waals surface area contributed by atoms with Gasteiger partial charge in [-0.05, 0) is 31.0 Å². The van der Waals surface area contributed by atoms with Gasteiger partial charge in [0.1, 0.15) is 12.4 Å². The van der Waals surface area contributed by atoms with Crippen LogP contribution in [-0.2, 0) is 6.61 Å². The van der Waals surface area contributed by atoms with E-state index in [1.807, 2.05) is 44.2 Å². The lowest BCUT2D eigenvalue weighted by molar-refractivity contribution is 0.173. The monoisotopic (exact) mass is 247 g/mol. The van der Waals surface area contributed by atoms with Gasteiger partial charge in [0, 0.05) is 6.07 Å². The lowest BCUT2D eigenvalue weighted by atomic mass is 10.1. The summed E-state index contributed by atoms with van der Waals surface area (Å²) >= 11 is 0. The van der Waals surface area contributed by atoms with Crippen LogP contribution in [0, 0.1) is 6.92 Å². The molecule has 1 aromatic carbocycles. The van der Waals surface area contributed by atoms with E-state index < -0.39 is 6.10 Å². The second-order valence-corrected chi connectivity index (χ2v) is 4.22. The third-order valence-corrected chi connectivity index (χ3v) is 2.71. The number of hydrogen-bond donors (Lipinski definition) is 1. The first-order chi connectivity index (χ1) is 8.69. The molecule has 0 aliphatic carbocycles. The van der Waals surface area contributed by atoms with Crippen LogP contribution in [0.2, 0.25) is 0 Å². The Morgan fingerprint density at radius 1 is 1.33 bits per heavy atom. The summed E-state index contributed by atoms with van der Waals surface area (Å²) in [5, 5.41) is 13.5. The van der Waals surface area contributed by atoms with Crippen LogP contribution in [0.3, 0.4) is 0 Å². The van der Waals surface area contributed by atoms with E-state index in [2.05, 4.69) is 5.16 Å². The van der Waals surface area contributed by atoms with Crippen LogP contribution in [-0.4, -0.2) is 10.3 Å². The molecule has 0 bridgehead atoms. The van der Waals surface area contributed by atoms with Crippen LogP contribution in [0.5, 0.6) is 5.75 Å². The van der Waals surface area contributed by atoms with Gasteiger partial charge in [0.2, 0.25) is 0 Å². The van der Waals surface area contributed by atoms with Crippen LogP contribution in [0.1, 0.15) is 36.5 Å². The van der Waals surface area contributed by atoms with Crippen LogP contribution >= 0.6 is 0 Å². The molecule has 96 valence electrons. The van der Waals surface area contributed by atoms with E-state index in [1.54, 1.807) is 0 Å². The van der Waals surface area contributed by atoms with Crippen molar-refractivity contribution < 1.29 is 14.4 Å². The number of benzene rings is 1. The zero-order valence-corrected chi connectivity index (χ0v) is 10.6. The first kappa shape index (κ1) is 12.6. The Morgan fingerprint density at radius 3 is 2.61 bits per heavy atom. The highest BCUT2D eigenvalue weighted by atomic mass is 16.5. The van der Waals surface area contributed by atoms with Gasteiger partial charge < -0.3 is 14.4 Å². The molecule has 0 radical (unpaired) electrons. The number of rotatable bonds is 5. The predicted molar refractivity (Wildman–Crippen MR) is 67.3 cm³/mol. The van der Waals surface area contributed by atoms with Gasteiger partial charge in [0.25, 0.3) is 0 Å². The average Bonchev–Trinajstić information content (AvgIpc) is 2.82. The second-order valence-electron chi connectivity index (χ2n) is 4.22. The van der Waals surface area contributed by atoms with Crippen LogP contribution in [0.4, 0.5) is 0 Å². The van der Waals surface area contributed by atoms with E-state index in [0.717, 1.165) is 17.0 Å². The molecule has 0 spiro atoms. The highest BCUT2D eigenvalue weighted by molar-refractivity contribution is 5.28. The van der Waals surface area contributed by atoms with Crippen molar-refractivity contribution in [2.45, 2.75) is 33.0 Å². The Bertz CT molecular complexity index is 490. The molecule has 0 saturated carbocycles. The maximum atomic E-state index is 9.67. The Balaban J connectivity index is 1.94. The van der Waals surface area contributed by atoms with Crippen LogP contribution in [0.15, 0.2) is 34.9 Å². The summed E-state index contributed by atoms with van der Waals surface area (Å²) in [4.78, 5) is 0. The van der Waals surface area contributed by atoms with Crippen molar-refractivity contribution in [1.82, 2.24) is 5.16 Å². The molecule has 4 nitrogen and oxygen atoms in total. The number of ether oxygens (including phenoxy) is 1. The minimum Gasteiger partial charge on any atom is -0.486 e. The second kappa shape index (κ2) is 5.69. The van der Waals surface area contributed by atoms with Gasteiger partial charge in [0.15, 0.2) is 5.76 Å². The Kier molecular flexibility index (Phi) is 3.99. The van der Waals surface area contributed by atoms with E-state index in [4.69, 9.17) is 9.26 Å². The fraction of sp³-hybridized carbons (Fsp3) is 0.357. The number of aliphatic hydroxyl groups excluding tert-OH is 1. The maximum Gasteiger partial charge on any atom is 0.174 e. The summed E-state index contributed by atoms with van der Waals surface area (Å²) in [7, 11) is 0. The van der Waals surface area contributed by atoms with Crippen molar-refractivity contribution in [3.05, 3.63) is 47.3 Å². The number of aliphatic hydroxyl groups is 1. The highest BCUT2D eigenvalue weighted by Gasteiger charge is 2.05. The summed E-state index contributed by atoms with van der Waals surface area (Å²) in [5.74, 6) is 1.45. The largest absolute Gasteiger partial charge is 0.486 e. The molecule has 1 N–H and O–H groups in total. The topological polar surface area (TPSA) is 55.5 Å². The van der Waals surface area contributed by atoms with Gasteiger partial charge in [-0.3, -0.25) is 0 Å². The van der Waals surface area contributed by atoms with Gasteiger partial charge in [0.05, 0.1) is 11.8 Å². The molecule has 0 aliphatic heterocycles. The summed E-state index contributed by atoms with van der Waals surface area (Å²) in [5.41, 5.74) is 1.75. The Morgan fingerprint density at radius 2 is 2.06 bits per heavy atom. The summed E-state index contributed by atoms with van der Waals surface area (Å²) in [6, 6.07) is 9.27. The molecule has 0 saturated heterocycles. The molecule has 0 amide bonds. The molecule has 1 heterocycles. The van der Waals surface area contributed by atoms with Crippen LogP contribution in [0.25, 0.3) is 0 Å². The third-order valence-electron chi connectivity index (χ3n) is 2.71. The van der Waals surface area contributed by atoms with E-state index in [0.29, 0.717) is 18.8 Å². The quantitative estimate of drug-likeness (QED) is 0.882. The SMILES string of the molecule is CCC(O)c1ccc(OCc2cc(C)no2)cc1. The van der Waals surface area contributed by atoms with Crippen molar-refractivity contribution in [1.29, 1.82) is 0 Å². The van der Waals surface area contributed by atoms with Crippen molar-refractivity contribution in [2.24, 2.45) is 0 Å². The highest BCUT2D eigenvalue weighted by Crippen LogP contribution is 2.20. The lowest BCUT2D eigenvalue weighted by Crippen LogP contribution is -1.96. The molecular formula is C14H17NO3. The molecule has 2 aromatic rings. The van der Waals surface area contributed by atoms with Gasteiger partial charge in [-0.2, -0.15) is 0 Å². The van der Waals surface area contributed by atoms with Gasteiger partial charge in [-0.25, -0.2) is 0 Å². The molecular weight excluding hydrogens is 230 g/mol. The molecule has 18 heavy (non-hydrogen) atoms. The first-order valence-corrected chi connectivity index (χ1v) is 6.02. The van der Waals surface area contributed by atoms with E-state index in [-0.39, 0.29) is 0 Å². The predicted octanol–water partition coefficient (Wildman–Crippen LogP) is 3.01. The van der Waals surface area contributed by atoms with Crippen molar-refractivity contribution >= 4 is 0 Å². The average molecular weight is 247 g/mol. The normalized spacial score (nSPS) is 12.4. The minimum absolute atomic E-state index is 0.358. The fourth-order valence-electron chi connectivity index (χ4n) is 1.66. The van der Waals surface area contributed by atoms with Crippen LogP contribution < -0.4 is 4.74 Å². The van der Waals surface area contributed by atoms with Gasteiger partial charge in [-0.15, -0.1) is 0 Å².